The van der Waals surface area contributed by atoms with Crippen LogP contribution in [0.1, 0.15) is 18.4 Å². The van der Waals surface area contributed by atoms with Crippen LogP contribution in [0.15, 0.2) is 22.7 Å². The van der Waals surface area contributed by atoms with Crippen molar-refractivity contribution in [3.05, 3.63) is 28.2 Å². The molecular weight excluding hydrogens is 296 g/mol. The summed E-state index contributed by atoms with van der Waals surface area (Å²) < 4.78 is 6.11. The maximum absolute atomic E-state index is 11.4. The van der Waals surface area contributed by atoms with Gasteiger partial charge in [0.2, 0.25) is 5.91 Å². The zero-order chi connectivity index (χ0) is 13.5. The summed E-state index contributed by atoms with van der Waals surface area (Å²) in [7, 11) is 5.25. The Hall–Kier alpha value is -1.07. The fourth-order valence-corrected chi connectivity index (χ4v) is 2.21. The van der Waals surface area contributed by atoms with Gasteiger partial charge in [0.15, 0.2) is 0 Å². The first-order valence-electron chi connectivity index (χ1n) is 5.82. The van der Waals surface area contributed by atoms with E-state index in [1.54, 1.807) is 26.2 Å². The van der Waals surface area contributed by atoms with E-state index in [9.17, 15) is 4.79 Å². The number of hydrazine groups is 1. The molecule has 0 spiro atoms. The van der Waals surface area contributed by atoms with Gasteiger partial charge in [0.25, 0.3) is 0 Å². The standard InChI is InChI=1S/C13H19BrN2O2/c1-16(2)15-13(17)6-4-5-10-7-8-12(18-3)11(14)9-10/h7-9H,4-6H2,1-3H3,(H,15,17). The van der Waals surface area contributed by atoms with Gasteiger partial charge in [-0.15, -0.1) is 0 Å². The number of carbonyl (C=O) groups excluding carboxylic acids is 1. The minimum atomic E-state index is 0.0487. The molecule has 1 amide bonds. The van der Waals surface area contributed by atoms with Gasteiger partial charge in [-0.3, -0.25) is 10.2 Å². The van der Waals surface area contributed by atoms with Crippen molar-refractivity contribution in [2.45, 2.75) is 19.3 Å². The number of methoxy groups -OCH3 is 1. The first kappa shape index (κ1) is 15.0. The molecule has 0 unspecified atom stereocenters. The van der Waals surface area contributed by atoms with Crippen molar-refractivity contribution in [3.8, 4) is 5.75 Å². The molecule has 0 bridgehead atoms. The molecule has 0 aliphatic heterocycles. The Kier molecular flexibility index (Phi) is 6.15. The van der Waals surface area contributed by atoms with Crippen LogP contribution in [-0.2, 0) is 11.2 Å². The highest BCUT2D eigenvalue weighted by Gasteiger charge is 2.04. The van der Waals surface area contributed by atoms with Crippen molar-refractivity contribution in [3.63, 3.8) is 0 Å². The molecule has 1 N–H and O–H groups in total. The summed E-state index contributed by atoms with van der Waals surface area (Å²) >= 11 is 3.45. The first-order chi connectivity index (χ1) is 8.52. The minimum Gasteiger partial charge on any atom is -0.496 e. The number of halogens is 1. The molecule has 0 aromatic heterocycles. The monoisotopic (exact) mass is 314 g/mol. The lowest BCUT2D eigenvalue weighted by molar-refractivity contribution is -0.124. The molecule has 5 heteroatoms. The zero-order valence-corrected chi connectivity index (χ0v) is 12.6. The number of carbonyl (C=O) groups is 1. The van der Waals surface area contributed by atoms with E-state index in [0.29, 0.717) is 6.42 Å². The lowest BCUT2D eigenvalue weighted by atomic mass is 10.1. The zero-order valence-electron chi connectivity index (χ0n) is 11.0. The third-order valence-corrected chi connectivity index (χ3v) is 3.05. The molecular formula is C13H19BrN2O2. The van der Waals surface area contributed by atoms with Gasteiger partial charge >= 0.3 is 0 Å². The number of nitrogens with one attached hydrogen (secondary N) is 1. The van der Waals surface area contributed by atoms with Gasteiger partial charge in [-0.25, -0.2) is 5.01 Å². The Morgan fingerprint density at radius 3 is 2.72 bits per heavy atom. The second-order valence-corrected chi connectivity index (χ2v) is 5.11. The van der Waals surface area contributed by atoms with Gasteiger partial charge in [0.05, 0.1) is 11.6 Å². The summed E-state index contributed by atoms with van der Waals surface area (Å²) in [4.78, 5) is 11.4. The van der Waals surface area contributed by atoms with Crippen LogP contribution in [0, 0.1) is 0 Å². The summed E-state index contributed by atoms with van der Waals surface area (Å²) in [5, 5.41) is 1.66. The van der Waals surface area contributed by atoms with Crippen molar-refractivity contribution in [2.24, 2.45) is 0 Å². The molecule has 4 nitrogen and oxygen atoms in total. The average Bonchev–Trinajstić information content (AvgIpc) is 2.28. The Morgan fingerprint density at radius 2 is 2.17 bits per heavy atom. The summed E-state index contributed by atoms with van der Waals surface area (Å²) in [6.07, 6.45) is 2.24. The summed E-state index contributed by atoms with van der Waals surface area (Å²) in [5.41, 5.74) is 3.92. The molecule has 18 heavy (non-hydrogen) atoms. The average molecular weight is 315 g/mol. The van der Waals surface area contributed by atoms with Crippen molar-refractivity contribution in [1.29, 1.82) is 0 Å². The second kappa shape index (κ2) is 7.38. The van der Waals surface area contributed by atoms with Crippen molar-refractivity contribution < 1.29 is 9.53 Å². The maximum atomic E-state index is 11.4. The van der Waals surface area contributed by atoms with E-state index in [4.69, 9.17) is 4.74 Å². The lowest BCUT2D eigenvalue weighted by Crippen LogP contribution is -2.35. The topological polar surface area (TPSA) is 41.6 Å². The van der Waals surface area contributed by atoms with Crippen molar-refractivity contribution in [1.82, 2.24) is 10.4 Å². The largest absolute Gasteiger partial charge is 0.496 e. The van der Waals surface area contributed by atoms with E-state index >= 15 is 0 Å². The van der Waals surface area contributed by atoms with Gasteiger partial charge < -0.3 is 4.74 Å². The van der Waals surface area contributed by atoms with Crippen LogP contribution in [-0.4, -0.2) is 32.1 Å². The van der Waals surface area contributed by atoms with E-state index in [2.05, 4.69) is 21.4 Å². The number of nitrogens with zero attached hydrogens (tertiary/aromatic N) is 1. The predicted octanol–water partition coefficient (Wildman–Crippen LogP) is 2.37. The molecule has 0 radical (unpaired) electrons. The molecule has 0 fully saturated rings. The van der Waals surface area contributed by atoms with Crippen LogP contribution in [0.25, 0.3) is 0 Å². The SMILES string of the molecule is COc1ccc(CCCC(=O)NN(C)C)cc1Br. The highest BCUT2D eigenvalue weighted by Crippen LogP contribution is 2.26. The van der Waals surface area contributed by atoms with Gasteiger partial charge in [-0.2, -0.15) is 0 Å². The number of amides is 1. The number of ether oxygens (including phenoxy) is 1. The van der Waals surface area contributed by atoms with Gasteiger partial charge in [-0.1, -0.05) is 6.07 Å². The van der Waals surface area contributed by atoms with Gasteiger partial charge in [0.1, 0.15) is 5.75 Å². The molecule has 1 aromatic rings. The maximum Gasteiger partial charge on any atom is 0.234 e. The van der Waals surface area contributed by atoms with Crippen LogP contribution in [0.5, 0.6) is 5.75 Å². The van der Waals surface area contributed by atoms with E-state index in [-0.39, 0.29) is 5.91 Å². The first-order valence-corrected chi connectivity index (χ1v) is 6.61. The van der Waals surface area contributed by atoms with Crippen LogP contribution in [0.2, 0.25) is 0 Å². The smallest absolute Gasteiger partial charge is 0.234 e. The third-order valence-electron chi connectivity index (χ3n) is 2.43. The molecule has 0 saturated carbocycles. The molecule has 0 saturated heterocycles. The quantitative estimate of drug-likeness (QED) is 0.820. The van der Waals surface area contributed by atoms with Gasteiger partial charge in [0, 0.05) is 20.5 Å². The van der Waals surface area contributed by atoms with Crippen LogP contribution >= 0.6 is 15.9 Å². The van der Waals surface area contributed by atoms with E-state index in [1.165, 1.54) is 5.56 Å². The lowest BCUT2D eigenvalue weighted by Gasteiger charge is -2.11. The normalized spacial score (nSPS) is 10.5. The van der Waals surface area contributed by atoms with Crippen molar-refractivity contribution >= 4 is 21.8 Å². The number of hydrogen-bond acceptors (Lipinski definition) is 3. The molecule has 0 atom stereocenters. The fraction of sp³-hybridized carbons (Fsp3) is 0.462. The van der Waals surface area contributed by atoms with Gasteiger partial charge in [-0.05, 0) is 46.5 Å². The molecule has 0 aliphatic rings. The number of rotatable bonds is 6. The van der Waals surface area contributed by atoms with E-state index in [0.717, 1.165) is 23.1 Å². The van der Waals surface area contributed by atoms with Crippen molar-refractivity contribution in [2.75, 3.05) is 21.2 Å². The molecule has 1 aromatic carbocycles. The minimum absolute atomic E-state index is 0.0487. The van der Waals surface area contributed by atoms with Crippen LogP contribution in [0.3, 0.4) is 0 Å². The third kappa shape index (κ3) is 5.06. The Morgan fingerprint density at radius 1 is 1.44 bits per heavy atom. The van der Waals surface area contributed by atoms with E-state index < -0.39 is 0 Å². The number of aryl methyl sites for hydroxylation is 1. The molecule has 1 rings (SSSR count). The highest BCUT2D eigenvalue weighted by atomic mass is 79.9. The molecule has 0 aliphatic carbocycles. The fourth-order valence-electron chi connectivity index (χ4n) is 1.62. The number of benzene rings is 1. The summed E-state index contributed by atoms with van der Waals surface area (Å²) in [5.74, 6) is 0.872. The molecule has 0 heterocycles. The summed E-state index contributed by atoms with van der Waals surface area (Å²) in [6, 6.07) is 5.98. The Labute approximate surface area is 116 Å². The van der Waals surface area contributed by atoms with Crippen LogP contribution < -0.4 is 10.2 Å². The second-order valence-electron chi connectivity index (χ2n) is 4.25. The predicted molar refractivity (Wildman–Crippen MR) is 75.5 cm³/mol. The van der Waals surface area contributed by atoms with Crippen LogP contribution in [0.4, 0.5) is 0 Å². The molecule has 100 valence electrons. The highest BCUT2D eigenvalue weighted by molar-refractivity contribution is 9.10. The Bertz CT molecular complexity index is 408. The number of hydrogen-bond donors (Lipinski definition) is 1. The Balaban J connectivity index is 2.40. The van der Waals surface area contributed by atoms with E-state index in [1.807, 2.05) is 18.2 Å². The summed E-state index contributed by atoms with van der Waals surface area (Å²) in [6.45, 7) is 0.